The summed E-state index contributed by atoms with van der Waals surface area (Å²) in [7, 11) is 1.80. The number of aryl methyl sites for hydroxylation is 1. The van der Waals surface area contributed by atoms with Gasteiger partial charge < -0.3 is 14.4 Å². The van der Waals surface area contributed by atoms with Gasteiger partial charge in [0.2, 0.25) is 0 Å². The standard InChI is InChI=1S/C15H19N3O2/c1-10-4-3-5-14-16-13(9-18(10)14)15(20)17(2)8-11-6-12(19)7-11/h3-5,9,11-12,19H,6-8H2,1-2H3. The molecule has 0 radical (unpaired) electrons. The predicted molar refractivity (Wildman–Crippen MR) is 75.6 cm³/mol. The zero-order valence-corrected chi connectivity index (χ0v) is 11.8. The van der Waals surface area contributed by atoms with Crippen LogP contribution in [0.25, 0.3) is 5.65 Å². The summed E-state index contributed by atoms with van der Waals surface area (Å²) in [4.78, 5) is 18.5. The number of fused-ring (bicyclic) bond motifs is 1. The molecule has 5 heteroatoms. The highest BCUT2D eigenvalue weighted by molar-refractivity contribution is 5.92. The fourth-order valence-electron chi connectivity index (χ4n) is 2.77. The minimum absolute atomic E-state index is 0.0607. The lowest BCUT2D eigenvalue weighted by Gasteiger charge is -2.34. The summed E-state index contributed by atoms with van der Waals surface area (Å²) in [5.41, 5.74) is 2.32. The monoisotopic (exact) mass is 273 g/mol. The van der Waals surface area contributed by atoms with Gasteiger partial charge in [0.25, 0.3) is 5.91 Å². The Morgan fingerprint density at radius 3 is 2.90 bits per heavy atom. The Hall–Kier alpha value is -1.88. The van der Waals surface area contributed by atoms with Crippen LogP contribution in [0.15, 0.2) is 24.4 Å². The number of hydrogen-bond donors (Lipinski definition) is 1. The maximum absolute atomic E-state index is 12.4. The summed E-state index contributed by atoms with van der Waals surface area (Å²) in [6, 6.07) is 5.82. The molecule has 1 N–H and O–H groups in total. The second-order valence-corrected chi connectivity index (χ2v) is 5.70. The molecule has 1 fully saturated rings. The molecule has 1 amide bonds. The first kappa shape index (κ1) is 13.1. The smallest absolute Gasteiger partial charge is 0.273 e. The summed E-state index contributed by atoms with van der Waals surface area (Å²) in [5, 5.41) is 9.29. The van der Waals surface area contributed by atoms with Gasteiger partial charge in [0.1, 0.15) is 11.3 Å². The molecular weight excluding hydrogens is 254 g/mol. The molecule has 1 saturated carbocycles. The van der Waals surface area contributed by atoms with E-state index in [0.29, 0.717) is 18.2 Å². The lowest BCUT2D eigenvalue weighted by molar-refractivity contribution is 0.0264. The molecule has 2 aromatic heterocycles. The third-order valence-electron chi connectivity index (χ3n) is 4.00. The van der Waals surface area contributed by atoms with Crippen LogP contribution in [-0.2, 0) is 0 Å². The SMILES string of the molecule is Cc1cccc2nc(C(=O)N(C)CC3CC(O)C3)cn12. The van der Waals surface area contributed by atoms with Crippen molar-refractivity contribution >= 4 is 11.6 Å². The van der Waals surface area contributed by atoms with Crippen LogP contribution in [0.3, 0.4) is 0 Å². The number of nitrogens with zero attached hydrogens (tertiary/aromatic N) is 3. The zero-order chi connectivity index (χ0) is 14.3. The van der Waals surface area contributed by atoms with Crippen LogP contribution in [0.5, 0.6) is 0 Å². The fraction of sp³-hybridized carbons (Fsp3) is 0.467. The van der Waals surface area contributed by atoms with Crippen molar-refractivity contribution in [3.8, 4) is 0 Å². The quantitative estimate of drug-likeness (QED) is 0.921. The molecule has 5 nitrogen and oxygen atoms in total. The maximum atomic E-state index is 12.4. The largest absolute Gasteiger partial charge is 0.393 e. The van der Waals surface area contributed by atoms with Gasteiger partial charge in [-0.05, 0) is 37.8 Å². The fourth-order valence-corrected chi connectivity index (χ4v) is 2.77. The van der Waals surface area contributed by atoms with E-state index in [1.807, 2.05) is 29.5 Å². The van der Waals surface area contributed by atoms with Crippen molar-refractivity contribution in [1.29, 1.82) is 0 Å². The number of aliphatic hydroxyl groups is 1. The van der Waals surface area contributed by atoms with Gasteiger partial charge in [-0.15, -0.1) is 0 Å². The first-order valence-electron chi connectivity index (χ1n) is 6.93. The highest BCUT2D eigenvalue weighted by Crippen LogP contribution is 2.27. The van der Waals surface area contributed by atoms with Crippen LogP contribution in [-0.4, -0.2) is 45.0 Å². The Labute approximate surface area is 117 Å². The minimum atomic E-state index is -0.179. The van der Waals surface area contributed by atoms with Gasteiger partial charge in [-0.3, -0.25) is 4.79 Å². The van der Waals surface area contributed by atoms with Crippen molar-refractivity contribution in [2.45, 2.75) is 25.9 Å². The molecule has 20 heavy (non-hydrogen) atoms. The topological polar surface area (TPSA) is 57.8 Å². The molecule has 0 spiro atoms. The zero-order valence-electron chi connectivity index (χ0n) is 11.8. The van der Waals surface area contributed by atoms with E-state index in [2.05, 4.69) is 4.98 Å². The van der Waals surface area contributed by atoms with Gasteiger partial charge in [-0.25, -0.2) is 4.98 Å². The third kappa shape index (κ3) is 2.29. The normalized spacial score (nSPS) is 21.8. The summed E-state index contributed by atoms with van der Waals surface area (Å²) < 4.78 is 1.92. The molecule has 2 aromatic rings. The van der Waals surface area contributed by atoms with Crippen molar-refractivity contribution < 1.29 is 9.90 Å². The Balaban J connectivity index is 1.76. The highest BCUT2D eigenvalue weighted by atomic mass is 16.3. The summed E-state index contributed by atoms with van der Waals surface area (Å²) in [6.45, 7) is 2.67. The van der Waals surface area contributed by atoms with E-state index in [0.717, 1.165) is 24.2 Å². The Bertz CT molecular complexity index is 644. The van der Waals surface area contributed by atoms with Gasteiger partial charge in [0.15, 0.2) is 0 Å². The maximum Gasteiger partial charge on any atom is 0.273 e. The number of aliphatic hydroxyl groups excluding tert-OH is 1. The number of amides is 1. The van der Waals surface area contributed by atoms with Gasteiger partial charge in [0.05, 0.1) is 6.10 Å². The minimum Gasteiger partial charge on any atom is -0.393 e. The number of aromatic nitrogens is 2. The van der Waals surface area contributed by atoms with Crippen molar-refractivity contribution in [2.24, 2.45) is 5.92 Å². The summed E-state index contributed by atoms with van der Waals surface area (Å²) in [5.74, 6) is 0.354. The van der Waals surface area contributed by atoms with Crippen LogP contribution < -0.4 is 0 Å². The lowest BCUT2D eigenvalue weighted by atomic mass is 9.82. The Kier molecular flexibility index (Phi) is 3.22. The van der Waals surface area contributed by atoms with Crippen LogP contribution in [0.2, 0.25) is 0 Å². The molecule has 0 atom stereocenters. The first-order valence-corrected chi connectivity index (χ1v) is 6.93. The lowest BCUT2D eigenvalue weighted by Crippen LogP contribution is -2.39. The van der Waals surface area contributed by atoms with Crippen molar-refractivity contribution in [1.82, 2.24) is 14.3 Å². The van der Waals surface area contributed by atoms with Crippen LogP contribution in [0.1, 0.15) is 29.0 Å². The number of rotatable bonds is 3. The predicted octanol–water partition coefficient (Wildman–Crippen LogP) is 1.49. The van der Waals surface area contributed by atoms with E-state index in [-0.39, 0.29) is 12.0 Å². The molecule has 0 bridgehead atoms. The van der Waals surface area contributed by atoms with E-state index in [9.17, 15) is 9.90 Å². The van der Waals surface area contributed by atoms with E-state index in [1.165, 1.54) is 0 Å². The molecule has 0 aromatic carbocycles. The summed E-state index contributed by atoms with van der Waals surface area (Å²) >= 11 is 0. The van der Waals surface area contributed by atoms with Crippen molar-refractivity contribution in [2.75, 3.05) is 13.6 Å². The average Bonchev–Trinajstić information content (AvgIpc) is 2.81. The second-order valence-electron chi connectivity index (χ2n) is 5.70. The number of hydrogen-bond acceptors (Lipinski definition) is 3. The van der Waals surface area contributed by atoms with E-state index >= 15 is 0 Å². The molecular formula is C15H19N3O2. The Morgan fingerprint density at radius 1 is 1.50 bits per heavy atom. The molecule has 1 aliphatic rings. The van der Waals surface area contributed by atoms with Crippen LogP contribution in [0.4, 0.5) is 0 Å². The molecule has 2 heterocycles. The first-order chi connectivity index (χ1) is 9.54. The Morgan fingerprint density at radius 2 is 2.25 bits per heavy atom. The van der Waals surface area contributed by atoms with Crippen molar-refractivity contribution in [3.63, 3.8) is 0 Å². The van der Waals surface area contributed by atoms with Crippen LogP contribution >= 0.6 is 0 Å². The third-order valence-corrected chi connectivity index (χ3v) is 4.00. The van der Waals surface area contributed by atoms with E-state index in [1.54, 1.807) is 18.1 Å². The number of imidazole rings is 1. The second kappa shape index (κ2) is 4.90. The highest BCUT2D eigenvalue weighted by Gasteiger charge is 2.29. The molecule has 1 aliphatic carbocycles. The number of carbonyl (C=O) groups excluding carboxylic acids is 1. The molecule has 0 aliphatic heterocycles. The van der Waals surface area contributed by atoms with Gasteiger partial charge in [0, 0.05) is 25.5 Å². The van der Waals surface area contributed by atoms with E-state index < -0.39 is 0 Å². The molecule has 0 unspecified atom stereocenters. The summed E-state index contributed by atoms with van der Waals surface area (Å²) in [6.07, 6.45) is 3.20. The van der Waals surface area contributed by atoms with Gasteiger partial charge in [-0.1, -0.05) is 6.07 Å². The van der Waals surface area contributed by atoms with Crippen LogP contribution in [0, 0.1) is 12.8 Å². The molecule has 3 rings (SSSR count). The number of pyridine rings is 1. The van der Waals surface area contributed by atoms with Crippen molar-refractivity contribution in [3.05, 3.63) is 35.8 Å². The molecule has 106 valence electrons. The number of carbonyl (C=O) groups is 1. The van der Waals surface area contributed by atoms with Gasteiger partial charge in [-0.2, -0.15) is 0 Å². The average molecular weight is 273 g/mol. The molecule has 0 saturated heterocycles. The van der Waals surface area contributed by atoms with Gasteiger partial charge >= 0.3 is 0 Å². The van der Waals surface area contributed by atoms with E-state index in [4.69, 9.17) is 0 Å².